The van der Waals surface area contributed by atoms with Crippen LogP contribution in [0.5, 0.6) is 11.5 Å². The molecule has 3 aromatic rings. The second-order valence-corrected chi connectivity index (χ2v) is 10.3. The number of carbonyl (C=O) groups excluding carboxylic acids is 3. The van der Waals surface area contributed by atoms with Crippen LogP contribution in [0.3, 0.4) is 0 Å². The molecule has 0 heterocycles. The van der Waals surface area contributed by atoms with Gasteiger partial charge in [-0.25, -0.2) is 0 Å². The number of carbonyl (C=O) groups is 3. The first-order valence-electron chi connectivity index (χ1n) is 12.4. The van der Waals surface area contributed by atoms with Crippen LogP contribution in [0, 0.1) is 6.92 Å². The van der Waals surface area contributed by atoms with E-state index < -0.39 is 18.5 Å². The minimum Gasteiger partial charge on any atom is -0.457 e. The van der Waals surface area contributed by atoms with Gasteiger partial charge in [0.1, 0.15) is 11.5 Å². The molecule has 7 nitrogen and oxygen atoms in total. The van der Waals surface area contributed by atoms with Crippen LogP contribution < -0.4 is 15.4 Å². The molecule has 0 aliphatic carbocycles. The molecule has 0 aromatic heterocycles. The van der Waals surface area contributed by atoms with Gasteiger partial charge in [-0.2, -0.15) is 0 Å². The molecule has 0 fully saturated rings. The number of hydrogen-bond acceptors (Lipinski definition) is 5. The Labute approximate surface area is 228 Å². The second kappa shape index (κ2) is 13.1. The van der Waals surface area contributed by atoms with E-state index in [-0.39, 0.29) is 24.2 Å². The normalized spacial score (nSPS) is 11.0. The summed E-state index contributed by atoms with van der Waals surface area (Å²) in [5.74, 6) is 0.157. The van der Waals surface area contributed by atoms with Gasteiger partial charge in [0.2, 0.25) is 5.91 Å². The van der Waals surface area contributed by atoms with Gasteiger partial charge in [-0.3, -0.25) is 14.4 Å². The van der Waals surface area contributed by atoms with Crippen molar-refractivity contribution in [3.63, 3.8) is 0 Å². The third-order valence-electron chi connectivity index (χ3n) is 5.78. The van der Waals surface area contributed by atoms with E-state index in [1.165, 1.54) is 5.56 Å². The predicted octanol–water partition coefficient (Wildman–Crippen LogP) is 7.03. The van der Waals surface area contributed by atoms with Crippen molar-refractivity contribution in [1.82, 2.24) is 0 Å². The molecule has 3 rings (SSSR count). The summed E-state index contributed by atoms with van der Waals surface area (Å²) in [5, 5.41) is 5.99. The van der Waals surface area contributed by atoms with Gasteiger partial charge in [0.05, 0.1) is 0 Å². The highest BCUT2D eigenvalue weighted by Gasteiger charge is 2.14. The lowest BCUT2D eigenvalue weighted by Gasteiger charge is -2.19. The summed E-state index contributed by atoms with van der Waals surface area (Å²) >= 11 is 6.04. The van der Waals surface area contributed by atoms with Crippen molar-refractivity contribution in [3.05, 3.63) is 82.9 Å². The SMILES string of the molecule is Cc1c(Cl)cccc1NC(=O)COC(=O)CCCC(=O)Nc1ccc(Oc2ccc(C(C)(C)C)cc2)cc1. The maximum absolute atomic E-state index is 12.2. The molecule has 0 atom stereocenters. The van der Waals surface area contributed by atoms with Crippen molar-refractivity contribution in [2.24, 2.45) is 0 Å². The van der Waals surface area contributed by atoms with Gasteiger partial charge in [-0.15, -0.1) is 0 Å². The van der Waals surface area contributed by atoms with Gasteiger partial charge >= 0.3 is 5.97 Å². The highest BCUT2D eigenvalue weighted by molar-refractivity contribution is 6.31. The minimum atomic E-state index is -0.548. The maximum Gasteiger partial charge on any atom is 0.306 e. The van der Waals surface area contributed by atoms with Crippen LogP contribution in [-0.4, -0.2) is 24.4 Å². The molecule has 0 saturated carbocycles. The fourth-order valence-electron chi connectivity index (χ4n) is 3.53. The quantitative estimate of drug-likeness (QED) is 0.271. The van der Waals surface area contributed by atoms with E-state index in [4.69, 9.17) is 21.1 Å². The first-order chi connectivity index (χ1) is 18.0. The van der Waals surface area contributed by atoms with Crippen LogP contribution in [0.2, 0.25) is 5.02 Å². The van der Waals surface area contributed by atoms with E-state index in [0.29, 0.717) is 28.6 Å². The van der Waals surface area contributed by atoms with Crippen LogP contribution in [0.25, 0.3) is 0 Å². The average molecular weight is 537 g/mol. The number of anilines is 2. The van der Waals surface area contributed by atoms with Crippen LogP contribution in [0.1, 0.15) is 51.2 Å². The highest BCUT2D eigenvalue weighted by atomic mass is 35.5. The van der Waals surface area contributed by atoms with E-state index in [1.54, 1.807) is 49.4 Å². The predicted molar refractivity (Wildman–Crippen MR) is 150 cm³/mol. The third kappa shape index (κ3) is 8.92. The summed E-state index contributed by atoms with van der Waals surface area (Å²) in [6.07, 6.45) is 0.463. The lowest BCUT2D eigenvalue weighted by atomic mass is 9.87. The van der Waals surface area contributed by atoms with Gasteiger partial charge in [0.25, 0.3) is 5.91 Å². The zero-order valence-electron chi connectivity index (χ0n) is 22.1. The summed E-state index contributed by atoms with van der Waals surface area (Å²) in [6.45, 7) is 7.85. The van der Waals surface area contributed by atoms with E-state index in [0.717, 1.165) is 11.3 Å². The fraction of sp³-hybridized carbons (Fsp3) is 0.300. The van der Waals surface area contributed by atoms with Gasteiger partial charge in [-0.1, -0.05) is 50.6 Å². The summed E-state index contributed by atoms with van der Waals surface area (Å²) in [7, 11) is 0. The lowest BCUT2D eigenvalue weighted by Crippen LogP contribution is -2.21. The van der Waals surface area contributed by atoms with E-state index in [9.17, 15) is 14.4 Å². The number of amides is 2. The zero-order chi connectivity index (χ0) is 27.7. The number of rotatable bonds is 10. The molecule has 200 valence electrons. The van der Waals surface area contributed by atoms with Crippen molar-refractivity contribution >= 4 is 40.8 Å². The van der Waals surface area contributed by atoms with Crippen LogP contribution >= 0.6 is 11.6 Å². The first-order valence-corrected chi connectivity index (χ1v) is 12.8. The Kier molecular flexibility index (Phi) is 9.91. The molecule has 0 aliphatic heterocycles. The third-order valence-corrected chi connectivity index (χ3v) is 6.19. The van der Waals surface area contributed by atoms with Gasteiger partial charge in [0, 0.05) is 29.2 Å². The summed E-state index contributed by atoms with van der Waals surface area (Å²) in [5.41, 5.74) is 3.22. The van der Waals surface area contributed by atoms with E-state index in [2.05, 4.69) is 43.5 Å². The molecule has 0 radical (unpaired) electrons. The number of hydrogen-bond donors (Lipinski definition) is 2. The number of nitrogens with one attached hydrogen (secondary N) is 2. The summed E-state index contributed by atoms with van der Waals surface area (Å²) in [4.78, 5) is 36.2. The molecule has 0 aliphatic rings. The minimum absolute atomic E-state index is 0.0255. The van der Waals surface area contributed by atoms with Gasteiger partial charge < -0.3 is 20.1 Å². The molecule has 38 heavy (non-hydrogen) atoms. The van der Waals surface area contributed by atoms with Crippen LogP contribution in [-0.2, 0) is 24.5 Å². The summed E-state index contributed by atoms with van der Waals surface area (Å²) in [6, 6.07) is 20.2. The first kappa shape index (κ1) is 28.7. The van der Waals surface area contributed by atoms with Crippen molar-refractivity contribution in [1.29, 1.82) is 0 Å². The Hall–Kier alpha value is -3.84. The molecule has 2 N–H and O–H groups in total. The largest absolute Gasteiger partial charge is 0.457 e. The number of ether oxygens (including phenoxy) is 2. The van der Waals surface area contributed by atoms with Gasteiger partial charge in [-0.05, 0) is 78.4 Å². The lowest BCUT2D eigenvalue weighted by molar-refractivity contribution is -0.147. The molecule has 8 heteroatoms. The van der Waals surface area contributed by atoms with Crippen molar-refractivity contribution in [3.8, 4) is 11.5 Å². The van der Waals surface area contributed by atoms with Crippen LogP contribution in [0.4, 0.5) is 11.4 Å². The Morgan fingerprint density at radius 2 is 1.45 bits per heavy atom. The van der Waals surface area contributed by atoms with Crippen LogP contribution in [0.15, 0.2) is 66.7 Å². The van der Waals surface area contributed by atoms with Crippen molar-refractivity contribution < 1.29 is 23.9 Å². The average Bonchev–Trinajstić information content (AvgIpc) is 2.86. The maximum atomic E-state index is 12.2. The molecule has 0 spiro atoms. The molecule has 0 bridgehead atoms. The Balaban J connectivity index is 1.35. The number of halogens is 1. The molecular weight excluding hydrogens is 504 g/mol. The Morgan fingerprint density at radius 3 is 2.08 bits per heavy atom. The number of esters is 1. The molecule has 0 unspecified atom stereocenters. The smallest absolute Gasteiger partial charge is 0.306 e. The van der Waals surface area contributed by atoms with Crippen molar-refractivity contribution in [2.75, 3.05) is 17.2 Å². The zero-order valence-corrected chi connectivity index (χ0v) is 22.9. The topological polar surface area (TPSA) is 93.7 Å². The Morgan fingerprint density at radius 1 is 0.816 bits per heavy atom. The Bertz CT molecular complexity index is 1270. The van der Waals surface area contributed by atoms with E-state index in [1.807, 2.05) is 12.1 Å². The molecule has 2 amide bonds. The monoisotopic (exact) mass is 536 g/mol. The summed E-state index contributed by atoms with van der Waals surface area (Å²) < 4.78 is 10.9. The van der Waals surface area contributed by atoms with Gasteiger partial charge in [0.15, 0.2) is 6.61 Å². The molecule has 3 aromatic carbocycles. The fourth-order valence-corrected chi connectivity index (χ4v) is 3.70. The molecule has 0 saturated heterocycles. The van der Waals surface area contributed by atoms with E-state index >= 15 is 0 Å². The second-order valence-electron chi connectivity index (χ2n) is 9.92. The number of benzene rings is 3. The molecular formula is C30H33ClN2O5. The highest BCUT2D eigenvalue weighted by Crippen LogP contribution is 2.27. The standard InChI is InChI=1S/C30H33ClN2O5/c1-20-25(31)7-5-8-26(20)33-28(35)19-37-29(36)10-6-9-27(34)32-22-13-17-24(18-14-22)38-23-15-11-21(12-16-23)30(2,3)4/h5,7-8,11-18H,6,9-10,19H2,1-4H3,(H,32,34)(H,33,35). The van der Waals surface area contributed by atoms with Crippen molar-refractivity contribution in [2.45, 2.75) is 52.4 Å².